The first-order valence-corrected chi connectivity index (χ1v) is 8.80. The topological polar surface area (TPSA) is 28.4 Å². The maximum Gasteiger partial charge on any atom is 0.183 e. The SMILES string of the molecule is Brc1cc(CNCCCN2CCc3ccccc32)oc1Br. The lowest BCUT2D eigenvalue weighted by Gasteiger charge is -2.19. The van der Waals surface area contributed by atoms with Crippen LogP contribution in [0.2, 0.25) is 0 Å². The molecule has 0 aliphatic carbocycles. The summed E-state index contributed by atoms with van der Waals surface area (Å²) >= 11 is 6.77. The van der Waals surface area contributed by atoms with Crippen LogP contribution in [-0.2, 0) is 13.0 Å². The van der Waals surface area contributed by atoms with Crippen LogP contribution in [0.15, 0.2) is 43.9 Å². The van der Waals surface area contributed by atoms with Gasteiger partial charge in [0, 0.05) is 18.8 Å². The summed E-state index contributed by atoms with van der Waals surface area (Å²) in [5.41, 5.74) is 2.90. The van der Waals surface area contributed by atoms with E-state index in [2.05, 4.69) is 66.3 Å². The van der Waals surface area contributed by atoms with E-state index in [1.54, 1.807) is 0 Å². The number of halogens is 2. The van der Waals surface area contributed by atoms with Crippen LogP contribution < -0.4 is 10.2 Å². The monoisotopic (exact) mass is 412 g/mol. The molecule has 0 saturated carbocycles. The van der Waals surface area contributed by atoms with Crippen LogP contribution in [0.1, 0.15) is 17.7 Å². The molecule has 0 radical (unpaired) electrons. The lowest BCUT2D eigenvalue weighted by molar-refractivity contribution is 0.463. The predicted octanol–water partition coefficient (Wildman–Crippen LogP) is 4.35. The number of anilines is 1. The van der Waals surface area contributed by atoms with Gasteiger partial charge in [0.1, 0.15) is 5.76 Å². The number of rotatable bonds is 6. The van der Waals surface area contributed by atoms with E-state index in [0.29, 0.717) is 0 Å². The molecule has 2 heterocycles. The zero-order valence-electron chi connectivity index (χ0n) is 11.7. The number of nitrogens with one attached hydrogen (secondary N) is 1. The molecule has 1 aliphatic rings. The third-order valence-corrected chi connectivity index (χ3v) is 5.47. The minimum Gasteiger partial charge on any atom is -0.452 e. The summed E-state index contributed by atoms with van der Waals surface area (Å²) in [4.78, 5) is 2.48. The molecule has 0 unspecified atom stereocenters. The van der Waals surface area contributed by atoms with Gasteiger partial charge in [-0.05, 0) is 68.9 Å². The Balaban J connectivity index is 1.39. The van der Waals surface area contributed by atoms with Gasteiger partial charge in [0.2, 0.25) is 0 Å². The van der Waals surface area contributed by atoms with Crippen LogP contribution in [-0.4, -0.2) is 19.6 Å². The smallest absolute Gasteiger partial charge is 0.183 e. The van der Waals surface area contributed by atoms with Gasteiger partial charge in [0.15, 0.2) is 4.67 Å². The first-order valence-electron chi connectivity index (χ1n) is 7.21. The Morgan fingerprint density at radius 2 is 2.10 bits per heavy atom. The summed E-state index contributed by atoms with van der Waals surface area (Å²) in [6, 6.07) is 10.7. The minimum absolute atomic E-state index is 0.757. The summed E-state index contributed by atoms with van der Waals surface area (Å²) in [6.07, 6.45) is 2.31. The van der Waals surface area contributed by atoms with Crippen molar-refractivity contribution in [2.45, 2.75) is 19.4 Å². The van der Waals surface area contributed by atoms with Gasteiger partial charge in [-0.2, -0.15) is 0 Å². The molecule has 0 saturated heterocycles. The Morgan fingerprint density at radius 1 is 1.24 bits per heavy atom. The highest BCUT2D eigenvalue weighted by Gasteiger charge is 2.17. The number of nitrogens with zero attached hydrogens (tertiary/aromatic N) is 1. The molecular weight excluding hydrogens is 396 g/mol. The fraction of sp³-hybridized carbons (Fsp3) is 0.375. The third-order valence-electron chi connectivity index (χ3n) is 3.76. The fourth-order valence-corrected chi connectivity index (χ4v) is 3.38. The van der Waals surface area contributed by atoms with E-state index in [1.165, 1.54) is 17.7 Å². The average Bonchev–Trinajstić information content (AvgIpc) is 3.03. The van der Waals surface area contributed by atoms with Gasteiger partial charge in [-0.3, -0.25) is 0 Å². The average molecular weight is 414 g/mol. The zero-order chi connectivity index (χ0) is 14.7. The van der Waals surface area contributed by atoms with Gasteiger partial charge in [0.05, 0.1) is 11.0 Å². The van der Waals surface area contributed by atoms with Crippen molar-refractivity contribution in [3.63, 3.8) is 0 Å². The minimum atomic E-state index is 0.757. The van der Waals surface area contributed by atoms with E-state index in [-0.39, 0.29) is 0 Å². The Morgan fingerprint density at radius 3 is 2.90 bits per heavy atom. The van der Waals surface area contributed by atoms with Crippen molar-refractivity contribution in [3.05, 3.63) is 50.8 Å². The predicted molar refractivity (Wildman–Crippen MR) is 92.8 cm³/mol. The normalized spacial score (nSPS) is 13.7. The molecule has 112 valence electrons. The number of hydrogen-bond acceptors (Lipinski definition) is 3. The van der Waals surface area contributed by atoms with E-state index in [4.69, 9.17) is 4.42 Å². The van der Waals surface area contributed by atoms with Gasteiger partial charge in [-0.15, -0.1) is 0 Å². The fourth-order valence-electron chi connectivity index (χ4n) is 2.72. The van der Waals surface area contributed by atoms with E-state index in [0.717, 1.165) is 47.5 Å². The van der Waals surface area contributed by atoms with Crippen molar-refractivity contribution in [2.75, 3.05) is 24.5 Å². The molecule has 1 N–H and O–H groups in total. The standard InChI is InChI=1S/C16H18Br2N2O/c17-14-10-13(21-16(14)18)11-19-7-3-8-20-9-6-12-4-1-2-5-15(12)20/h1-2,4-5,10,19H,3,6-9,11H2. The highest BCUT2D eigenvalue weighted by Crippen LogP contribution is 2.27. The van der Waals surface area contributed by atoms with Crippen LogP contribution in [0.4, 0.5) is 5.69 Å². The van der Waals surface area contributed by atoms with Crippen molar-refractivity contribution in [1.29, 1.82) is 0 Å². The number of para-hydroxylation sites is 1. The first kappa shape index (κ1) is 15.1. The van der Waals surface area contributed by atoms with E-state index in [1.807, 2.05) is 6.07 Å². The molecule has 2 aromatic rings. The Hall–Kier alpha value is -0.780. The molecule has 0 atom stereocenters. The molecule has 0 spiro atoms. The highest BCUT2D eigenvalue weighted by atomic mass is 79.9. The third kappa shape index (κ3) is 3.71. The van der Waals surface area contributed by atoms with E-state index >= 15 is 0 Å². The maximum atomic E-state index is 5.54. The van der Waals surface area contributed by atoms with E-state index < -0.39 is 0 Å². The van der Waals surface area contributed by atoms with Crippen LogP contribution in [0.3, 0.4) is 0 Å². The van der Waals surface area contributed by atoms with Gasteiger partial charge < -0.3 is 14.6 Å². The van der Waals surface area contributed by atoms with Crippen LogP contribution in [0.25, 0.3) is 0 Å². The number of benzene rings is 1. The van der Waals surface area contributed by atoms with Crippen molar-refractivity contribution >= 4 is 37.5 Å². The molecule has 1 aromatic carbocycles. The van der Waals surface area contributed by atoms with Crippen molar-refractivity contribution in [1.82, 2.24) is 5.32 Å². The van der Waals surface area contributed by atoms with Crippen LogP contribution in [0.5, 0.6) is 0 Å². The number of furan rings is 1. The van der Waals surface area contributed by atoms with Crippen molar-refractivity contribution in [2.24, 2.45) is 0 Å². The van der Waals surface area contributed by atoms with Crippen molar-refractivity contribution < 1.29 is 4.42 Å². The van der Waals surface area contributed by atoms with Gasteiger partial charge in [0.25, 0.3) is 0 Å². The summed E-state index contributed by atoms with van der Waals surface area (Å²) in [5.74, 6) is 0.945. The summed E-state index contributed by atoms with van der Waals surface area (Å²) in [6.45, 7) is 4.02. The highest BCUT2D eigenvalue weighted by molar-refractivity contribution is 9.13. The molecule has 1 aliphatic heterocycles. The van der Waals surface area contributed by atoms with Crippen LogP contribution in [0, 0.1) is 0 Å². The second-order valence-electron chi connectivity index (χ2n) is 5.23. The molecule has 3 rings (SSSR count). The maximum absolute atomic E-state index is 5.54. The van der Waals surface area contributed by atoms with Crippen LogP contribution >= 0.6 is 31.9 Å². The molecular formula is C16H18Br2N2O. The van der Waals surface area contributed by atoms with Gasteiger partial charge in [-0.1, -0.05) is 18.2 Å². The second kappa shape index (κ2) is 6.99. The second-order valence-corrected chi connectivity index (χ2v) is 6.81. The van der Waals surface area contributed by atoms with Gasteiger partial charge >= 0.3 is 0 Å². The lowest BCUT2D eigenvalue weighted by Crippen LogP contribution is -2.25. The van der Waals surface area contributed by atoms with E-state index in [9.17, 15) is 0 Å². The molecule has 0 bridgehead atoms. The molecule has 0 fully saturated rings. The molecule has 0 amide bonds. The number of hydrogen-bond donors (Lipinski definition) is 1. The molecule has 3 nitrogen and oxygen atoms in total. The summed E-state index contributed by atoms with van der Waals surface area (Å²) < 4.78 is 7.26. The molecule has 21 heavy (non-hydrogen) atoms. The van der Waals surface area contributed by atoms with Crippen molar-refractivity contribution in [3.8, 4) is 0 Å². The Labute approximate surface area is 142 Å². The first-order chi connectivity index (χ1) is 10.2. The van der Waals surface area contributed by atoms with Gasteiger partial charge in [-0.25, -0.2) is 0 Å². The quantitative estimate of drug-likeness (QED) is 0.713. The largest absolute Gasteiger partial charge is 0.452 e. The number of fused-ring (bicyclic) bond motifs is 1. The molecule has 5 heteroatoms. The molecule has 1 aromatic heterocycles. The summed E-state index contributed by atoms with van der Waals surface area (Å²) in [5, 5.41) is 3.43. The summed E-state index contributed by atoms with van der Waals surface area (Å²) in [7, 11) is 0. The Bertz CT molecular complexity index is 593. The lowest BCUT2D eigenvalue weighted by atomic mass is 10.2. The zero-order valence-corrected chi connectivity index (χ0v) is 14.9. The Kier molecular flexibility index (Phi) is 5.03.